The van der Waals surface area contributed by atoms with Gasteiger partial charge in [-0.3, -0.25) is 9.78 Å². The lowest BCUT2D eigenvalue weighted by molar-refractivity contribution is -0.124. The van der Waals surface area contributed by atoms with Crippen molar-refractivity contribution in [2.45, 2.75) is 26.4 Å². The Kier molecular flexibility index (Phi) is 5.75. The number of carbonyl (C=O) groups excluding carboxylic acids is 2. The minimum atomic E-state index is -0.913. The SMILES string of the molecule is CCC(OC(=O)c1ccc(-c2ncc[nH]2)cc1)C(=O)Nc1cc(C)nc2ccccc12. The van der Waals surface area contributed by atoms with Crippen LogP contribution in [-0.2, 0) is 9.53 Å². The first kappa shape index (κ1) is 20.3. The van der Waals surface area contributed by atoms with Crippen molar-refractivity contribution in [1.82, 2.24) is 15.0 Å². The number of aromatic nitrogens is 3. The standard InChI is InChI=1S/C24H22N4O3/c1-3-21(23(29)28-20-14-15(2)27-19-7-5-4-6-18(19)20)31-24(30)17-10-8-16(9-11-17)22-25-12-13-26-22/h4-14,21H,3H2,1-2H3,(H,25,26)(H,27,28,29). The molecule has 4 rings (SSSR count). The molecule has 0 saturated carbocycles. The zero-order chi connectivity index (χ0) is 21.8. The molecule has 0 aliphatic carbocycles. The molecule has 2 aromatic heterocycles. The number of pyridine rings is 1. The number of nitrogens with zero attached hydrogens (tertiary/aromatic N) is 2. The maximum atomic E-state index is 12.9. The molecule has 156 valence electrons. The highest BCUT2D eigenvalue weighted by molar-refractivity contribution is 6.03. The van der Waals surface area contributed by atoms with Gasteiger partial charge >= 0.3 is 5.97 Å². The van der Waals surface area contributed by atoms with Gasteiger partial charge in [0.1, 0.15) is 5.82 Å². The van der Waals surface area contributed by atoms with E-state index >= 15 is 0 Å². The van der Waals surface area contributed by atoms with Crippen LogP contribution in [0.2, 0.25) is 0 Å². The molecule has 4 aromatic rings. The normalized spacial score (nSPS) is 11.8. The Morgan fingerprint density at radius 2 is 1.90 bits per heavy atom. The van der Waals surface area contributed by atoms with Gasteiger partial charge < -0.3 is 15.0 Å². The number of rotatable bonds is 6. The van der Waals surface area contributed by atoms with Crippen LogP contribution in [0.4, 0.5) is 5.69 Å². The predicted octanol–water partition coefficient (Wildman–Crippen LogP) is 4.51. The minimum absolute atomic E-state index is 0.351. The number of nitrogens with one attached hydrogen (secondary N) is 2. The van der Waals surface area contributed by atoms with Crippen molar-refractivity contribution in [3.63, 3.8) is 0 Å². The summed E-state index contributed by atoms with van der Waals surface area (Å²) < 4.78 is 5.50. The molecule has 2 heterocycles. The number of anilines is 1. The number of fused-ring (bicyclic) bond motifs is 1. The molecule has 0 aliphatic rings. The number of ether oxygens (including phenoxy) is 1. The third-order valence-corrected chi connectivity index (χ3v) is 4.91. The molecule has 7 nitrogen and oxygen atoms in total. The highest BCUT2D eigenvalue weighted by Crippen LogP contribution is 2.23. The van der Waals surface area contributed by atoms with E-state index < -0.39 is 12.1 Å². The molecule has 1 amide bonds. The lowest BCUT2D eigenvalue weighted by atomic mass is 10.1. The van der Waals surface area contributed by atoms with Crippen LogP contribution < -0.4 is 5.32 Å². The van der Waals surface area contributed by atoms with Gasteiger partial charge in [-0.25, -0.2) is 9.78 Å². The second-order valence-electron chi connectivity index (χ2n) is 7.13. The average molecular weight is 414 g/mol. The van der Waals surface area contributed by atoms with Crippen molar-refractivity contribution in [2.75, 3.05) is 5.32 Å². The smallest absolute Gasteiger partial charge is 0.338 e. The van der Waals surface area contributed by atoms with E-state index in [4.69, 9.17) is 4.74 Å². The second-order valence-corrected chi connectivity index (χ2v) is 7.13. The number of aromatic amines is 1. The van der Waals surface area contributed by atoms with Gasteiger partial charge in [-0.2, -0.15) is 0 Å². The molecular formula is C24H22N4O3. The number of amides is 1. The lowest BCUT2D eigenvalue weighted by Gasteiger charge is -2.17. The summed E-state index contributed by atoms with van der Waals surface area (Å²) in [5, 5.41) is 3.72. The van der Waals surface area contributed by atoms with E-state index in [0.717, 1.165) is 22.2 Å². The van der Waals surface area contributed by atoms with E-state index in [9.17, 15) is 9.59 Å². The Morgan fingerprint density at radius 1 is 1.13 bits per heavy atom. The minimum Gasteiger partial charge on any atom is -0.449 e. The van der Waals surface area contributed by atoms with Crippen LogP contribution in [0.25, 0.3) is 22.3 Å². The zero-order valence-electron chi connectivity index (χ0n) is 17.3. The highest BCUT2D eigenvalue weighted by Gasteiger charge is 2.23. The van der Waals surface area contributed by atoms with Crippen LogP contribution in [0.5, 0.6) is 0 Å². The Labute approximate surface area is 179 Å². The number of aryl methyl sites for hydroxylation is 1. The second kappa shape index (κ2) is 8.79. The molecule has 0 radical (unpaired) electrons. The van der Waals surface area contributed by atoms with E-state index in [1.807, 2.05) is 37.3 Å². The molecule has 0 saturated heterocycles. The third kappa shape index (κ3) is 4.45. The first-order chi connectivity index (χ1) is 15.0. The fourth-order valence-electron chi connectivity index (χ4n) is 3.33. The van der Waals surface area contributed by atoms with Gasteiger partial charge in [-0.1, -0.05) is 37.3 Å². The molecular weight excluding hydrogens is 392 g/mol. The maximum Gasteiger partial charge on any atom is 0.338 e. The van der Waals surface area contributed by atoms with Crippen LogP contribution in [0, 0.1) is 6.92 Å². The van der Waals surface area contributed by atoms with Crippen LogP contribution in [0.1, 0.15) is 29.4 Å². The Bertz CT molecular complexity index is 1220. The summed E-state index contributed by atoms with van der Waals surface area (Å²) >= 11 is 0. The van der Waals surface area contributed by atoms with Crippen LogP contribution in [-0.4, -0.2) is 32.9 Å². The van der Waals surface area contributed by atoms with Crippen LogP contribution in [0.3, 0.4) is 0 Å². The first-order valence-corrected chi connectivity index (χ1v) is 10.0. The molecule has 0 aliphatic heterocycles. The molecule has 31 heavy (non-hydrogen) atoms. The zero-order valence-corrected chi connectivity index (χ0v) is 17.3. The molecule has 7 heteroatoms. The topological polar surface area (TPSA) is 97.0 Å². The molecule has 2 aromatic carbocycles. The largest absolute Gasteiger partial charge is 0.449 e. The van der Waals surface area contributed by atoms with Gasteiger partial charge in [0.2, 0.25) is 0 Å². The van der Waals surface area contributed by atoms with Gasteiger partial charge in [-0.05, 0) is 37.6 Å². The van der Waals surface area contributed by atoms with Crippen LogP contribution in [0.15, 0.2) is 67.0 Å². The quantitative estimate of drug-likeness (QED) is 0.453. The molecule has 2 N–H and O–H groups in total. The van der Waals surface area contributed by atoms with E-state index in [1.54, 1.807) is 43.6 Å². The fourth-order valence-corrected chi connectivity index (χ4v) is 3.33. The van der Waals surface area contributed by atoms with E-state index in [0.29, 0.717) is 23.5 Å². The highest BCUT2D eigenvalue weighted by atomic mass is 16.5. The van der Waals surface area contributed by atoms with Crippen molar-refractivity contribution in [3.8, 4) is 11.4 Å². The Hall–Kier alpha value is -4.00. The molecule has 0 spiro atoms. The maximum absolute atomic E-state index is 12.9. The molecule has 1 unspecified atom stereocenters. The van der Waals surface area contributed by atoms with Crippen molar-refractivity contribution >= 4 is 28.5 Å². The number of hydrogen-bond acceptors (Lipinski definition) is 5. The number of imidazole rings is 1. The summed E-state index contributed by atoms with van der Waals surface area (Å²) in [6.45, 7) is 3.67. The monoisotopic (exact) mass is 414 g/mol. The van der Waals surface area contributed by atoms with Crippen molar-refractivity contribution in [1.29, 1.82) is 0 Å². The van der Waals surface area contributed by atoms with Gasteiger partial charge in [-0.15, -0.1) is 0 Å². The van der Waals surface area contributed by atoms with Crippen molar-refractivity contribution < 1.29 is 14.3 Å². The molecule has 0 fully saturated rings. The van der Waals surface area contributed by atoms with Crippen molar-refractivity contribution in [2.24, 2.45) is 0 Å². The lowest BCUT2D eigenvalue weighted by Crippen LogP contribution is -2.32. The van der Waals surface area contributed by atoms with E-state index in [2.05, 4.69) is 20.3 Å². The Balaban J connectivity index is 1.48. The number of hydrogen-bond donors (Lipinski definition) is 2. The summed E-state index contributed by atoms with van der Waals surface area (Å²) in [5.74, 6) is -0.215. The van der Waals surface area contributed by atoms with Gasteiger partial charge in [0.15, 0.2) is 6.10 Å². The Morgan fingerprint density at radius 3 is 2.61 bits per heavy atom. The third-order valence-electron chi connectivity index (χ3n) is 4.91. The summed E-state index contributed by atoms with van der Waals surface area (Å²) in [5.41, 5.74) is 3.44. The molecule has 1 atom stereocenters. The van der Waals surface area contributed by atoms with Gasteiger partial charge in [0.25, 0.3) is 5.91 Å². The summed E-state index contributed by atoms with van der Waals surface area (Å²) in [6.07, 6.45) is 2.83. The van der Waals surface area contributed by atoms with E-state index in [1.165, 1.54) is 0 Å². The number of H-pyrrole nitrogens is 1. The number of carbonyl (C=O) groups is 2. The summed E-state index contributed by atoms with van der Waals surface area (Å²) in [6, 6.07) is 16.3. The fraction of sp³-hybridized carbons (Fsp3) is 0.167. The van der Waals surface area contributed by atoms with E-state index in [-0.39, 0.29) is 5.91 Å². The predicted molar refractivity (Wildman–Crippen MR) is 119 cm³/mol. The average Bonchev–Trinajstić information content (AvgIpc) is 3.32. The number of para-hydroxylation sites is 1. The number of benzene rings is 2. The van der Waals surface area contributed by atoms with Gasteiger partial charge in [0.05, 0.1) is 16.8 Å². The van der Waals surface area contributed by atoms with Crippen molar-refractivity contribution in [3.05, 3.63) is 78.2 Å². The first-order valence-electron chi connectivity index (χ1n) is 10.0. The van der Waals surface area contributed by atoms with Crippen LogP contribution >= 0.6 is 0 Å². The van der Waals surface area contributed by atoms with Gasteiger partial charge in [0, 0.05) is 29.0 Å². The number of esters is 1. The molecule has 0 bridgehead atoms. The summed E-state index contributed by atoms with van der Waals surface area (Å²) in [4.78, 5) is 37.1. The summed E-state index contributed by atoms with van der Waals surface area (Å²) in [7, 11) is 0.